The largest absolute Gasteiger partial charge is 0.344 e. The Morgan fingerprint density at radius 3 is 1.33 bits per heavy atom. The van der Waals surface area contributed by atoms with Crippen molar-refractivity contribution in [3.05, 3.63) is 25.0 Å². The molecule has 0 aliphatic rings. The second kappa shape index (κ2) is 874. The van der Waals surface area contributed by atoms with E-state index in [4.69, 9.17) is 40.9 Å². The molecule has 0 aromatic carbocycles. The number of rotatable bonds is 0. The average Bonchev–Trinajstić information content (AvgIpc) is 1.98. The van der Waals surface area contributed by atoms with E-state index in [1.165, 1.54) is 0 Å². The predicted octanol–water partition coefficient (Wildman–Crippen LogP) is 1.13. The van der Waals surface area contributed by atoms with Gasteiger partial charge in [-0.2, -0.15) is 4.91 Å². The van der Waals surface area contributed by atoms with Gasteiger partial charge in [0.1, 0.15) is 0 Å². The molecule has 0 aliphatic heterocycles. The summed E-state index contributed by atoms with van der Waals surface area (Å²) in [4.78, 5) is 29.9. The summed E-state index contributed by atoms with van der Waals surface area (Å²) in [5, 5.41) is 25.6. The van der Waals surface area contributed by atoms with Crippen LogP contribution in [0.15, 0.2) is 0 Å². The summed E-state index contributed by atoms with van der Waals surface area (Å²) in [6.07, 6.45) is 0. The first-order chi connectivity index (χ1) is 4.73. The van der Waals surface area contributed by atoms with E-state index in [1.807, 2.05) is 0 Å². The Morgan fingerprint density at radius 2 is 1.33 bits per heavy atom. The number of nitrogens with zero attached hydrogens (tertiary/aromatic N) is 3. The number of hydrogen-bond acceptors (Lipinski definition) is 9. The van der Waals surface area contributed by atoms with Gasteiger partial charge in [0.05, 0.1) is 0 Å². The van der Waals surface area contributed by atoms with E-state index < -0.39 is 5.09 Å². The maximum atomic E-state index is 8.36. The number of nitrogens with one attached hydrogen (secondary N) is 1. The molecule has 0 aliphatic carbocycles. The van der Waals surface area contributed by atoms with Crippen LogP contribution in [0.2, 0.25) is 0 Å². The molecule has 0 bridgehead atoms. The Balaban J connectivity index is -0.00000000727. The van der Waals surface area contributed by atoms with Crippen molar-refractivity contribution in [2.75, 3.05) is 0 Å². The van der Waals surface area contributed by atoms with Crippen LogP contribution >= 0.6 is 0 Å². The van der Waals surface area contributed by atoms with Gasteiger partial charge in [-0.25, -0.2) is 0 Å². The van der Waals surface area contributed by atoms with Crippen molar-refractivity contribution in [3.63, 3.8) is 0 Å². The van der Waals surface area contributed by atoms with Gasteiger partial charge in [-0.15, -0.1) is 10.1 Å². The van der Waals surface area contributed by atoms with Gasteiger partial charge in [-0.3, -0.25) is 0 Å². The molecule has 11 nitrogen and oxygen atoms in total. The molecular formula is CH11N5O6. The topological polar surface area (TPSA) is 221 Å². The first-order valence-corrected chi connectivity index (χ1v) is 1.14. The van der Waals surface area contributed by atoms with Crippen LogP contribution in [0.3, 0.4) is 0 Å². The molecule has 0 heterocycles. The fraction of sp³-hybridized carbons (Fsp3) is 1.00. The molecule has 0 aromatic rings. The quantitative estimate of drug-likeness (QED) is 0.214. The molecule has 0 rings (SSSR count). The van der Waals surface area contributed by atoms with Crippen molar-refractivity contribution in [2.45, 2.75) is 7.43 Å². The normalized spacial score (nSPS) is 2.83. The van der Waals surface area contributed by atoms with Crippen LogP contribution in [0.25, 0.3) is 0 Å². The average molecular weight is 189 g/mol. The summed E-state index contributed by atoms with van der Waals surface area (Å²) in [5.74, 6) is 0. The molecule has 5 N–H and O–H groups in total. The van der Waals surface area contributed by atoms with Crippen LogP contribution in [0.5, 0.6) is 0 Å². The SMILES string of the molecule is C.N.N#N.N=O.O=O.O=[N+]([O-])O.[HH]. The molecule has 12 heavy (non-hydrogen) atoms. The van der Waals surface area contributed by atoms with Crippen molar-refractivity contribution in [1.82, 2.24) is 6.15 Å². The van der Waals surface area contributed by atoms with E-state index >= 15 is 0 Å². The second-order valence-corrected chi connectivity index (χ2v) is 0.238. The van der Waals surface area contributed by atoms with Crippen molar-refractivity contribution in [3.8, 4) is 0 Å². The lowest BCUT2D eigenvalue weighted by Gasteiger charge is -1.56. The zero-order chi connectivity index (χ0) is 9.58. The summed E-state index contributed by atoms with van der Waals surface area (Å²) in [6.45, 7) is 0. The Kier molecular flexibility index (Phi) is 3840. The molecule has 0 saturated carbocycles. The standard InChI is InChI=1S/CH4.N2.HNO3.HNO.H3N.O2.H2/c;1-2;2-1(3)4;1-2;;1-2;/h1H4;;(H,2,3,4);1H;1H3;;1H. The van der Waals surface area contributed by atoms with Crippen LogP contribution in [-0.4, -0.2) is 10.3 Å². The van der Waals surface area contributed by atoms with Gasteiger partial charge in [0, 0.05) is 22.1 Å². The van der Waals surface area contributed by atoms with Crippen molar-refractivity contribution >= 4 is 0 Å². The van der Waals surface area contributed by atoms with Crippen LogP contribution < -0.4 is 6.15 Å². The Labute approximate surface area is 68.0 Å². The minimum atomic E-state index is -1.50. The fourth-order valence-corrected chi connectivity index (χ4v) is 0. The summed E-state index contributed by atoms with van der Waals surface area (Å²) in [5.41, 5.74) is 4.50. The van der Waals surface area contributed by atoms with Crippen LogP contribution in [-0.2, 0) is 0 Å². The number of hydrogen-bond donors (Lipinski definition) is 3. The lowest BCUT2D eigenvalue weighted by molar-refractivity contribution is -0.742. The molecular weight excluding hydrogens is 178 g/mol. The summed E-state index contributed by atoms with van der Waals surface area (Å²) in [6, 6.07) is 0. The second-order valence-electron chi connectivity index (χ2n) is 0.238. The summed E-state index contributed by atoms with van der Waals surface area (Å²) in [7, 11) is 0. The predicted molar refractivity (Wildman–Crippen MR) is 38.9 cm³/mol. The minimum Gasteiger partial charge on any atom is -0.344 e. The first kappa shape index (κ1) is 52.8. The van der Waals surface area contributed by atoms with E-state index in [9.17, 15) is 0 Å². The van der Waals surface area contributed by atoms with Gasteiger partial charge in [-0.1, -0.05) is 13.0 Å². The lowest BCUT2D eigenvalue weighted by Crippen LogP contribution is -1.81. The van der Waals surface area contributed by atoms with Crippen LogP contribution in [0.1, 0.15) is 8.85 Å². The molecule has 0 unspecified atom stereocenters. The third-order valence-electron chi connectivity index (χ3n) is 0. The zero-order valence-corrected chi connectivity index (χ0v) is 5.04. The molecule has 0 aromatic heterocycles. The smallest absolute Gasteiger partial charge is 0.291 e. The minimum absolute atomic E-state index is 0. The highest BCUT2D eigenvalue weighted by Crippen LogP contribution is 1.38. The molecule has 0 saturated heterocycles. The van der Waals surface area contributed by atoms with Crippen LogP contribution in [0, 0.1) is 41.3 Å². The van der Waals surface area contributed by atoms with Gasteiger partial charge in [0.15, 0.2) is 0 Å². The summed E-state index contributed by atoms with van der Waals surface area (Å²) >= 11 is 0. The first-order valence-electron chi connectivity index (χ1n) is 1.14. The van der Waals surface area contributed by atoms with Gasteiger partial charge in [-0.05, 0) is 0 Å². The van der Waals surface area contributed by atoms with E-state index in [2.05, 4.69) is 5.59 Å². The van der Waals surface area contributed by atoms with Crippen molar-refractivity contribution < 1.29 is 11.7 Å². The van der Waals surface area contributed by atoms with Crippen molar-refractivity contribution in [1.29, 1.82) is 16.4 Å². The van der Waals surface area contributed by atoms with E-state index in [1.54, 1.807) is 0 Å². The molecule has 76 valence electrons. The third-order valence-corrected chi connectivity index (χ3v) is 0. The Bertz CT molecular complexity index is 82.3. The maximum absolute atomic E-state index is 8.36. The third kappa shape index (κ3) is 72.6. The van der Waals surface area contributed by atoms with Crippen molar-refractivity contribution in [2.24, 2.45) is 0 Å². The Morgan fingerprint density at radius 1 is 1.33 bits per heavy atom. The highest BCUT2D eigenvalue weighted by molar-refractivity contribution is 4.07. The van der Waals surface area contributed by atoms with E-state index in [-0.39, 0.29) is 15.0 Å². The summed E-state index contributed by atoms with van der Waals surface area (Å²) < 4.78 is 0. The van der Waals surface area contributed by atoms with Gasteiger partial charge in [0.2, 0.25) is 0 Å². The van der Waals surface area contributed by atoms with E-state index in [0.717, 1.165) is 0 Å². The zero-order valence-electron chi connectivity index (χ0n) is 5.04. The molecule has 0 atom stereocenters. The number of nitroso groups, excluding NO2 is 1. The molecule has 11 heteroatoms. The van der Waals surface area contributed by atoms with Crippen LogP contribution in [0.4, 0.5) is 0 Å². The highest BCUT2D eigenvalue weighted by atomic mass is 16.9. The van der Waals surface area contributed by atoms with Gasteiger partial charge in [0.25, 0.3) is 5.09 Å². The maximum Gasteiger partial charge on any atom is 0.291 e. The fourth-order valence-electron chi connectivity index (χ4n) is 0. The molecule has 0 fully saturated rings. The van der Waals surface area contributed by atoms with Gasteiger partial charge >= 0.3 is 0 Å². The molecule has 0 radical (unpaired) electrons. The van der Waals surface area contributed by atoms with Gasteiger partial charge < -0.3 is 11.4 Å². The Hall–Kier alpha value is -2.22. The molecule has 0 amide bonds. The molecule has 0 spiro atoms. The highest BCUT2D eigenvalue weighted by Gasteiger charge is 1.65. The van der Waals surface area contributed by atoms with E-state index in [0.29, 0.717) is 0 Å². The monoisotopic (exact) mass is 189 g/mol. The lowest BCUT2D eigenvalue weighted by atomic mass is 12.0.